The van der Waals surface area contributed by atoms with Crippen LogP contribution < -0.4 is 10.1 Å². The van der Waals surface area contributed by atoms with E-state index in [2.05, 4.69) is 49.0 Å². The summed E-state index contributed by atoms with van der Waals surface area (Å²) >= 11 is 0. The molecule has 0 saturated carbocycles. The summed E-state index contributed by atoms with van der Waals surface area (Å²) < 4.78 is 7.63. The lowest BCUT2D eigenvalue weighted by molar-refractivity contribution is 0.414. The van der Waals surface area contributed by atoms with E-state index in [9.17, 15) is 0 Å². The fourth-order valence-corrected chi connectivity index (χ4v) is 2.12. The maximum absolute atomic E-state index is 5.37. The number of ether oxygens (including phenoxy) is 1. The monoisotopic (exact) mass is 246 g/mol. The van der Waals surface area contributed by atoms with Gasteiger partial charge < -0.3 is 14.6 Å². The molecule has 0 atom stereocenters. The zero-order chi connectivity index (χ0) is 13.2. The lowest BCUT2D eigenvalue weighted by Crippen LogP contribution is -2.37. The second-order valence-corrected chi connectivity index (χ2v) is 5.58. The van der Waals surface area contributed by atoms with Crippen molar-refractivity contribution >= 4 is 10.9 Å². The summed E-state index contributed by atoms with van der Waals surface area (Å²) in [5, 5.41) is 4.68. The van der Waals surface area contributed by atoms with E-state index < -0.39 is 0 Å². The first kappa shape index (κ1) is 13.0. The van der Waals surface area contributed by atoms with Crippen molar-refractivity contribution in [2.24, 2.45) is 0 Å². The highest BCUT2D eigenvalue weighted by molar-refractivity contribution is 5.86. The van der Waals surface area contributed by atoms with Crippen LogP contribution >= 0.6 is 0 Å². The van der Waals surface area contributed by atoms with Gasteiger partial charge in [-0.1, -0.05) is 6.07 Å². The Morgan fingerprint density at radius 1 is 1.22 bits per heavy atom. The Morgan fingerprint density at radius 2 is 2.00 bits per heavy atom. The van der Waals surface area contributed by atoms with Crippen LogP contribution in [0.3, 0.4) is 0 Å². The normalized spacial score (nSPS) is 12.0. The van der Waals surface area contributed by atoms with Crippen molar-refractivity contribution in [1.29, 1.82) is 0 Å². The number of methoxy groups -OCH3 is 1. The molecule has 0 spiro atoms. The maximum Gasteiger partial charge on any atom is 0.128 e. The van der Waals surface area contributed by atoms with Gasteiger partial charge in [0.15, 0.2) is 0 Å². The Hall–Kier alpha value is -1.48. The summed E-state index contributed by atoms with van der Waals surface area (Å²) in [7, 11) is 1.72. The van der Waals surface area contributed by atoms with E-state index in [-0.39, 0.29) is 5.54 Å². The lowest BCUT2D eigenvalue weighted by Gasteiger charge is -2.20. The van der Waals surface area contributed by atoms with Crippen LogP contribution in [0.15, 0.2) is 30.5 Å². The maximum atomic E-state index is 5.37. The summed E-state index contributed by atoms with van der Waals surface area (Å²) in [6.45, 7) is 8.48. The Morgan fingerprint density at radius 3 is 2.67 bits per heavy atom. The first-order valence-electron chi connectivity index (χ1n) is 6.38. The highest BCUT2D eigenvalue weighted by Crippen LogP contribution is 2.25. The molecule has 0 aliphatic heterocycles. The highest BCUT2D eigenvalue weighted by Gasteiger charge is 2.09. The van der Waals surface area contributed by atoms with Gasteiger partial charge in [0.2, 0.25) is 0 Å². The smallest absolute Gasteiger partial charge is 0.128 e. The topological polar surface area (TPSA) is 26.2 Å². The van der Waals surface area contributed by atoms with Crippen molar-refractivity contribution in [3.05, 3.63) is 30.5 Å². The molecule has 0 radical (unpaired) electrons. The quantitative estimate of drug-likeness (QED) is 0.897. The third kappa shape index (κ3) is 2.85. The number of hydrogen-bond acceptors (Lipinski definition) is 2. The minimum absolute atomic E-state index is 0.167. The number of benzene rings is 1. The van der Waals surface area contributed by atoms with Gasteiger partial charge in [-0.2, -0.15) is 0 Å². The van der Waals surface area contributed by atoms with Crippen molar-refractivity contribution in [3.8, 4) is 5.75 Å². The standard InChI is InChI=1S/C15H22N2O/c1-15(2,3)16-9-11-17-10-8-12-13(17)6-5-7-14(12)18-4/h5-8,10,16H,9,11H2,1-4H3. The van der Waals surface area contributed by atoms with E-state index >= 15 is 0 Å². The molecule has 0 bridgehead atoms. The zero-order valence-corrected chi connectivity index (χ0v) is 11.7. The molecule has 0 aliphatic rings. The van der Waals surface area contributed by atoms with Gasteiger partial charge in [0.1, 0.15) is 5.75 Å². The highest BCUT2D eigenvalue weighted by atomic mass is 16.5. The molecule has 2 aromatic rings. The van der Waals surface area contributed by atoms with E-state index in [0.717, 1.165) is 18.8 Å². The van der Waals surface area contributed by atoms with Gasteiger partial charge in [-0.3, -0.25) is 0 Å². The minimum Gasteiger partial charge on any atom is -0.496 e. The van der Waals surface area contributed by atoms with Gasteiger partial charge in [0.05, 0.1) is 12.6 Å². The van der Waals surface area contributed by atoms with Crippen molar-refractivity contribution < 1.29 is 4.74 Å². The van der Waals surface area contributed by atoms with Gasteiger partial charge in [-0.25, -0.2) is 0 Å². The molecule has 98 valence electrons. The molecule has 1 aromatic carbocycles. The van der Waals surface area contributed by atoms with Crippen LogP contribution in [0.25, 0.3) is 10.9 Å². The number of rotatable bonds is 4. The third-order valence-electron chi connectivity index (χ3n) is 3.00. The molecule has 2 rings (SSSR count). The number of aromatic nitrogens is 1. The fraction of sp³-hybridized carbons (Fsp3) is 0.467. The van der Waals surface area contributed by atoms with Crippen LogP contribution in [-0.4, -0.2) is 23.8 Å². The summed E-state index contributed by atoms with van der Waals surface area (Å²) in [5.74, 6) is 0.940. The van der Waals surface area contributed by atoms with Crippen molar-refractivity contribution in [2.45, 2.75) is 32.9 Å². The van der Waals surface area contributed by atoms with Crippen molar-refractivity contribution in [2.75, 3.05) is 13.7 Å². The fourth-order valence-electron chi connectivity index (χ4n) is 2.12. The van der Waals surface area contributed by atoms with Gasteiger partial charge in [-0.05, 0) is 39.0 Å². The van der Waals surface area contributed by atoms with E-state index in [4.69, 9.17) is 4.74 Å². The average molecular weight is 246 g/mol. The molecule has 1 aromatic heterocycles. The second kappa shape index (κ2) is 5.02. The van der Waals surface area contributed by atoms with Gasteiger partial charge in [0.25, 0.3) is 0 Å². The molecule has 18 heavy (non-hydrogen) atoms. The predicted molar refractivity (Wildman–Crippen MR) is 76.2 cm³/mol. The van der Waals surface area contributed by atoms with Gasteiger partial charge in [-0.15, -0.1) is 0 Å². The molecule has 1 N–H and O–H groups in total. The molecule has 0 aliphatic carbocycles. The van der Waals surface area contributed by atoms with Crippen LogP contribution in [0, 0.1) is 0 Å². The molecular formula is C15H22N2O. The number of hydrogen-bond donors (Lipinski definition) is 1. The first-order valence-corrected chi connectivity index (χ1v) is 6.38. The molecule has 1 heterocycles. The van der Waals surface area contributed by atoms with Gasteiger partial charge >= 0.3 is 0 Å². The lowest BCUT2D eigenvalue weighted by atomic mass is 10.1. The predicted octanol–water partition coefficient (Wildman–Crippen LogP) is 3.04. The summed E-state index contributed by atoms with van der Waals surface area (Å²) in [4.78, 5) is 0. The van der Waals surface area contributed by atoms with Crippen LogP contribution in [0.2, 0.25) is 0 Å². The molecular weight excluding hydrogens is 224 g/mol. The number of fused-ring (bicyclic) bond motifs is 1. The Bertz CT molecular complexity index is 523. The Labute approximate surface area is 109 Å². The van der Waals surface area contributed by atoms with Crippen molar-refractivity contribution in [3.63, 3.8) is 0 Å². The van der Waals surface area contributed by atoms with E-state index in [1.807, 2.05) is 12.1 Å². The van der Waals surface area contributed by atoms with E-state index in [1.165, 1.54) is 10.9 Å². The molecule has 0 saturated heterocycles. The molecule has 0 amide bonds. The Balaban J connectivity index is 2.15. The van der Waals surface area contributed by atoms with E-state index in [1.54, 1.807) is 7.11 Å². The minimum atomic E-state index is 0.167. The summed E-state index contributed by atoms with van der Waals surface area (Å²) in [5.41, 5.74) is 1.39. The SMILES string of the molecule is COc1cccc2c1ccn2CCNC(C)(C)C. The molecule has 0 fully saturated rings. The number of nitrogens with one attached hydrogen (secondary N) is 1. The van der Waals surface area contributed by atoms with Crippen LogP contribution in [0.1, 0.15) is 20.8 Å². The number of nitrogens with zero attached hydrogens (tertiary/aromatic N) is 1. The Kier molecular flexibility index (Phi) is 3.62. The van der Waals surface area contributed by atoms with Crippen LogP contribution in [0.4, 0.5) is 0 Å². The van der Waals surface area contributed by atoms with Crippen LogP contribution in [0.5, 0.6) is 5.75 Å². The molecule has 3 heteroatoms. The van der Waals surface area contributed by atoms with Crippen molar-refractivity contribution in [1.82, 2.24) is 9.88 Å². The summed E-state index contributed by atoms with van der Waals surface area (Å²) in [6, 6.07) is 8.29. The largest absolute Gasteiger partial charge is 0.496 e. The van der Waals surface area contributed by atoms with Gasteiger partial charge in [0, 0.05) is 30.2 Å². The summed E-state index contributed by atoms with van der Waals surface area (Å²) in [6.07, 6.45) is 2.12. The third-order valence-corrected chi connectivity index (χ3v) is 3.00. The van der Waals surface area contributed by atoms with E-state index in [0.29, 0.717) is 0 Å². The average Bonchev–Trinajstić information content (AvgIpc) is 2.71. The second-order valence-electron chi connectivity index (χ2n) is 5.58. The first-order chi connectivity index (χ1) is 8.51. The zero-order valence-electron chi connectivity index (χ0n) is 11.7. The van der Waals surface area contributed by atoms with Crippen LogP contribution in [-0.2, 0) is 6.54 Å². The molecule has 0 unspecified atom stereocenters. The molecule has 3 nitrogen and oxygen atoms in total.